The molecule has 0 fully saturated rings. The summed E-state index contributed by atoms with van der Waals surface area (Å²) in [6, 6.07) is 6.71. The Kier molecular flexibility index (Phi) is 3.83. The van der Waals surface area contributed by atoms with E-state index in [0.29, 0.717) is 15.7 Å². The van der Waals surface area contributed by atoms with Gasteiger partial charge in [0, 0.05) is 5.69 Å². The number of aromatic nitrogens is 2. The number of carboxylic acids is 1. The van der Waals surface area contributed by atoms with E-state index in [2.05, 4.69) is 5.10 Å². The average molecular weight is 299 g/mol. The van der Waals surface area contributed by atoms with E-state index in [4.69, 9.17) is 28.3 Å². The van der Waals surface area contributed by atoms with Gasteiger partial charge in [-0.3, -0.25) is 0 Å². The van der Waals surface area contributed by atoms with Crippen molar-refractivity contribution in [2.24, 2.45) is 0 Å². The van der Waals surface area contributed by atoms with Crippen LogP contribution in [0.2, 0.25) is 10.0 Å². The monoisotopic (exact) mass is 298 g/mol. The second-order valence-corrected chi connectivity index (χ2v) is 5.18. The summed E-state index contributed by atoms with van der Waals surface area (Å²) in [6.45, 7) is 3.91. The molecule has 0 amide bonds. The molecular weight excluding hydrogens is 287 g/mol. The summed E-state index contributed by atoms with van der Waals surface area (Å²) in [5.41, 5.74) is 1.33. The van der Waals surface area contributed by atoms with Gasteiger partial charge in [-0.05, 0) is 24.1 Å². The molecule has 0 bridgehead atoms. The Labute approximate surface area is 120 Å². The van der Waals surface area contributed by atoms with E-state index < -0.39 is 5.97 Å². The van der Waals surface area contributed by atoms with Gasteiger partial charge in [0.2, 0.25) is 0 Å². The maximum atomic E-state index is 11.0. The maximum absolute atomic E-state index is 11.0. The molecule has 4 nitrogen and oxygen atoms in total. The summed E-state index contributed by atoms with van der Waals surface area (Å²) in [4.78, 5) is 11.0. The molecule has 1 aromatic heterocycles. The van der Waals surface area contributed by atoms with Crippen molar-refractivity contribution < 1.29 is 9.90 Å². The van der Waals surface area contributed by atoms with Crippen LogP contribution in [0, 0.1) is 0 Å². The largest absolute Gasteiger partial charge is 0.476 e. The van der Waals surface area contributed by atoms with Gasteiger partial charge >= 0.3 is 5.97 Å². The van der Waals surface area contributed by atoms with Crippen LogP contribution in [-0.4, -0.2) is 20.9 Å². The third-order valence-electron chi connectivity index (χ3n) is 2.71. The first-order valence-electron chi connectivity index (χ1n) is 5.69. The lowest BCUT2D eigenvalue weighted by molar-refractivity contribution is 0.0690. The predicted octanol–water partition coefficient (Wildman–Crippen LogP) is 4.00. The van der Waals surface area contributed by atoms with Crippen LogP contribution in [-0.2, 0) is 0 Å². The van der Waals surface area contributed by atoms with Gasteiger partial charge in [0.15, 0.2) is 5.69 Å². The lowest BCUT2D eigenvalue weighted by Crippen LogP contribution is -2.05. The van der Waals surface area contributed by atoms with Gasteiger partial charge in [0.05, 0.1) is 15.7 Å². The van der Waals surface area contributed by atoms with Crippen molar-refractivity contribution in [1.82, 2.24) is 9.78 Å². The van der Waals surface area contributed by atoms with Crippen molar-refractivity contribution in [1.29, 1.82) is 0 Å². The molecule has 0 radical (unpaired) electrons. The highest BCUT2D eigenvalue weighted by Gasteiger charge is 2.18. The molecule has 1 aromatic carbocycles. The molecule has 0 aliphatic rings. The zero-order chi connectivity index (χ0) is 14.2. The van der Waals surface area contributed by atoms with E-state index in [1.54, 1.807) is 24.3 Å². The Hall–Kier alpha value is -1.52. The normalized spacial score (nSPS) is 11.0. The summed E-state index contributed by atoms with van der Waals surface area (Å²) >= 11 is 12.1. The maximum Gasteiger partial charge on any atom is 0.356 e. The number of aromatic carboxylic acids is 1. The Morgan fingerprint density at radius 3 is 2.63 bits per heavy atom. The van der Waals surface area contributed by atoms with Crippen molar-refractivity contribution in [3.8, 4) is 5.69 Å². The highest BCUT2D eigenvalue weighted by molar-refractivity contribution is 6.43. The van der Waals surface area contributed by atoms with Gasteiger partial charge in [-0.25, -0.2) is 9.48 Å². The van der Waals surface area contributed by atoms with Crippen LogP contribution in [0.5, 0.6) is 0 Å². The molecule has 0 spiro atoms. The molecule has 6 heteroatoms. The van der Waals surface area contributed by atoms with Crippen molar-refractivity contribution in [2.75, 3.05) is 0 Å². The molecule has 1 N–H and O–H groups in total. The Morgan fingerprint density at radius 2 is 2.05 bits per heavy atom. The fraction of sp³-hybridized carbons (Fsp3) is 0.231. The van der Waals surface area contributed by atoms with Crippen molar-refractivity contribution in [3.63, 3.8) is 0 Å². The minimum Gasteiger partial charge on any atom is -0.476 e. The van der Waals surface area contributed by atoms with Gasteiger partial charge in [-0.15, -0.1) is 0 Å². The summed E-state index contributed by atoms with van der Waals surface area (Å²) in [7, 11) is 0. The number of benzene rings is 1. The van der Waals surface area contributed by atoms with E-state index >= 15 is 0 Å². The second kappa shape index (κ2) is 5.23. The number of nitrogens with zero attached hydrogens (tertiary/aromatic N) is 2. The van der Waals surface area contributed by atoms with Gasteiger partial charge in [-0.1, -0.05) is 43.1 Å². The molecule has 0 saturated heterocycles. The molecule has 0 aliphatic carbocycles. The van der Waals surface area contributed by atoms with Crippen LogP contribution >= 0.6 is 23.2 Å². The molecule has 0 aliphatic heterocycles. The second-order valence-electron chi connectivity index (χ2n) is 4.40. The fourth-order valence-corrected chi connectivity index (χ4v) is 2.14. The topological polar surface area (TPSA) is 55.1 Å². The highest BCUT2D eigenvalue weighted by atomic mass is 35.5. The van der Waals surface area contributed by atoms with Gasteiger partial charge in [0.1, 0.15) is 0 Å². The lowest BCUT2D eigenvalue weighted by atomic mass is 10.1. The smallest absolute Gasteiger partial charge is 0.356 e. The minimum absolute atomic E-state index is 0.0141. The van der Waals surface area contributed by atoms with Crippen LogP contribution < -0.4 is 0 Å². The van der Waals surface area contributed by atoms with Gasteiger partial charge in [0.25, 0.3) is 0 Å². The van der Waals surface area contributed by atoms with E-state index in [1.807, 2.05) is 13.8 Å². The SMILES string of the molecule is CC(C)c1cc(C(=O)O)nn1-c1cccc(Cl)c1Cl. The Morgan fingerprint density at radius 1 is 1.37 bits per heavy atom. The first-order chi connectivity index (χ1) is 8.91. The summed E-state index contributed by atoms with van der Waals surface area (Å²) in [6.07, 6.45) is 0. The van der Waals surface area contributed by atoms with E-state index in [-0.39, 0.29) is 11.6 Å². The first kappa shape index (κ1) is 13.9. The molecule has 0 unspecified atom stereocenters. The van der Waals surface area contributed by atoms with Crippen LogP contribution in [0.25, 0.3) is 5.69 Å². The molecule has 2 aromatic rings. The quantitative estimate of drug-likeness (QED) is 0.932. The fourth-order valence-electron chi connectivity index (χ4n) is 1.76. The number of hydrogen-bond acceptors (Lipinski definition) is 2. The number of carbonyl (C=O) groups is 1. The highest BCUT2D eigenvalue weighted by Crippen LogP contribution is 2.30. The van der Waals surface area contributed by atoms with Crippen LogP contribution in [0.15, 0.2) is 24.3 Å². The predicted molar refractivity (Wildman–Crippen MR) is 74.6 cm³/mol. The van der Waals surface area contributed by atoms with E-state index in [1.165, 1.54) is 4.68 Å². The van der Waals surface area contributed by atoms with Crippen molar-refractivity contribution in [2.45, 2.75) is 19.8 Å². The first-order valence-corrected chi connectivity index (χ1v) is 6.45. The van der Waals surface area contributed by atoms with E-state index in [0.717, 1.165) is 5.69 Å². The summed E-state index contributed by atoms with van der Waals surface area (Å²) in [5.74, 6) is -0.963. The molecule has 2 rings (SSSR count). The van der Waals surface area contributed by atoms with Crippen LogP contribution in [0.1, 0.15) is 35.9 Å². The zero-order valence-electron chi connectivity index (χ0n) is 10.4. The Bertz CT molecular complexity index is 636. The van der Waals surface area contributed by atoms with Crippen molar-refractivity contribution >= 4 is 29.2 Å². The zero-order valence-corrected chi connectivity index (χ0v) is 11.9. The molecule has 19 heavy (non-hydrogen) atoms. The molecule has 100 valence electrons. The van der Waals surface area contributed by atoms with E-state index in [9.17, 15) is 4.79 Å². The summed E-state index contributed by atoms with van der Waals surface area (Å²) < 4.78 is 1.53. The number of rotatable bonds is 3. The molecule has 0 saturated carbocycles. The van der Waals surface area contributed by atoms with Gasteiger partial charge < -0.3 is 5.11 Å². The number of hydrogen-bond donors (Lipinski definition) is 1. The molecular formula is C13H12Cl2N2O2. The summed E-state index contributed by atoms with van der Waals surface area (Å²) in [5, 5.41) is 13.9. The van der Waals surface area contributed by atoms with Crippen LogP contribution in [0.4, 0.5) is 0 Å². The van der Waals surface area contributed by atoms with Crippen LogP contribution in [0.3, 0.4) is 0 Å². The molecule has 0 atom stereocenters. The Balaban J connectivity index is 2.67. The standard InChI is InChI=1S/C13H12Cl2N2O2/c1-7(2)11-6-9(13(18)19)16-17(11)10-5-3-4-8(14)12(10)15/h3-7H,1-2H3,(H,18,19). The average Bonchev–Trinajstić information content (AvgIpc) is 2.77. The number of halogens is 2. The minimum atomic E-state index is -1.07. The van der Waals surface area contributed by atoms with Crippen molar-refractivity contribution in [3.05, 3.63) is 45.7 Å². The lowest BCUT2D eigenvalue weighted by Gasteiger charge is -2.11. The third-order valence-corrected chi connectivity index (χ3v) is 3.52. The third kappa shape index (κ3) is 2.60. The number of carboxylic acid groups (broad SMARTS) is 1. The molecule has 1 heterocycles. The van der Waals surface area contributed by atoms with Gasteiger partial charge in [-0.2, -0.15) is 5.10 Å².